The molecule has 7 nitrogen and oxygen atoms in total. The largest absolute Gasteiger partial charge is 0.444 e. The lowest BCUT2D eigenvalue weighted by Crippen LogP contribution is -2.44. The van der Waals surface area contributed by atoms with Crippen LogP contribution in [0.5, 0.6) is 0 Å². The zero-order valence-electron chi connectivity index (χ0n) is 13.6. The Bertz CT molecular complexity index is 599. The Morgan fingerprint density at radius 2 is 1.78 bits per heavy atom. The van der Waals surface area contributed by atoms with Crippen LogP contribution in [0.15, 0.2) is 24.3 Å². The standard InChI is InChI=1S/C15H20BN3O4/c1-9(17-14(22)23-15(2,3)4)12(20)18-11-8-6-5-7-10(11)13(21)19-16/h5-9H,1-4H3,(H,17,22)(H,18,20)(H,19,21). The lowest BCUT2D eigenvalue weighted by molar-refractivity contribution is -0.117. The van der Waals surface area contributed by atoms with Gasteiger partial charge in [-0.1, -0.05) is 12.1 Å². The van der Waals surface area contributed by atoms with E-state index in [0.717, 1.165) is 0 Å². The van der Waals surface area contributed by atoms with Crippen LogP contribution in [-0.2, 0) is 9.53 Å². The number of ether oxygens (including phenoxy) is 1. The number of carbonyl (C=O) groups excluding carboxylic acids is 3. The van der Waals surface area contributed by atoms with Gasteiger partial charge in [-0.25, -0.2) is 4.79 Å². The summed E-state index contributed by atoms with van der Waals surface area (Å²) in [5, 5.41) is 6.99. The van der Waals surface area contributed by atoms with Crippen LogP contribution in [0.3, 0.4) is 0 Å². The van der Waals surface area contributed by atoms with Gasteiger partial charge in [0.2, 0.25) is 19.8 Å². The molecular weight excluding hydrogens is 297 g/mol. The van der Waals surface area contributed by atoms with E-state index in [1.807, 2.05) is 5.23 Å². The van der Waals surface area contributed by atoms with Gasteiger partial charge in [-0.3, -0.25) is 9.59 Å². The minimum absolute atomic E-state index is 0.216. The van der Waals surface area contributed by atoms with Gasteiger partial charge in [0.15, 0.2) is 0 Å². The topological polar surface area (TPSA) is 96.5 Å². The molecule has 1 aromatic carbocycles. The zero-order valence-corrected chi connectivity index (χ0v) is 13.6. The summed E-state index contributed by atoms with van der Waals surface area (Å²) in [5.41, 5.74) is -0.155. The fourth-order valence-electron chi connectivity index (χ4n) is 1.66. The molecule has 0 saturated carbocycles. The summed E-state index contributed by atoms with van der Waals surface area (Å²) in [7, 11) is 5.10. The number of carbonyl (C=O) groups is 3. The van der Waals surface area contributed by atoms with Gasteiger partial charge in [0.1, 0.15) is 11.6 Å². The molecule has 0 aliphatic carbocycles. The minimum atomic E-state index is -0.848. The molecule has 0 aliphatic heterocycles. The number of anilines is 1. The lowest BCUT2D eigenvalue weighted by atomic mass is 10.1. The highest BCUT2D eigenvalue weighted by Gasteiger charge is 2.22. The second-order valence-electron chi connectivity index (χ2n) is 5.88. The quantitative estimate of drug-likeness (QED) is 0.730. The first-order valence-electron chi connectivity index (χ1n) is 7.04. The molecule has 23 heavy (non-hydrogen) atoms. The van der Waals surface area contributed by atoms with E-state index in [4.69, 9.17) is 12.7 Å². The van der Waals surface area contributed by atoms with Crippen molar-refractivity contribution in [3.8, 4) is 0 Å². The molecule has 0 heterocycles. The molecule has 1 rings (SSSR count). The van der Waals surface area contributed by atoms with Crippen molar-refractivity contribution in [1.29, 1.82) is 0 Å². The van der Waals surface area contributed by atoms with Crippen molar-refractivity contribution in [1.82, 2.24) is 10.5 Å². The van der Waals surface area contributed by atoms with Gasteiger partial charge in [0, 0.05) is 0 Å². The van der Waals surface area contributed by atoms with Crippen LogP contribution in [0.25, 0.3) is 0 Å². The van der Waals surface area contributed by atoms with Crippen molar-refractivity contribution in [2.75, 3.05) is 5.32 Å². The number of nitrogens with one attached hydrogen (secondary N) is 3. The normalized spacial score (nSPS) is 12.0. The first-order chi connectivity index (χ1) is 10.6. The van der Waals surface area contributed by atoms with Gasteiger partial charge in [-0.2, -0.15) is 0 Å². The second-order valence-corrected chi connectivity index (χ2v) is 5.88. The summed E-state index contributed by atoms with van der Waals surface area (Å²) in [5.74, 6) is -1.03. The Balaban J connectivity index is 2.73. The lowest BCUT2D eigenvalue weighted by Gasteiger charge is -2.22. The Morgan fingerprint density at radius 3 is 2.35 bits per heavy atom. The van der Waals surface area contributed by atoms with E-state index in [1.165, 1.54) is 13.0 Å². The summed E-state index contributed by atoms with van der Waals surface area (Å²) in [4.78, 5) is 35.4. The van der Waals surface area contributed by atoms with Crippen molar-refractivity contribution in [2.45, 2.75) is 39.3 Å². The SMILES string of the molecule is [B]NC(=O)c1ccccc1NC(=O)C(C)NC(=O)OC(C)(C)C. The smallest absolute Gasteiger partial charge is 0.408 e. The third-order valence-electron chi connectivity index (χ3n) is 2.69. The van der Waals surface area contributed by atoms with E-state index in [2.05, 4.69) is 10.6 Å². The second kappa shape index (κ2) is 7.67. The summed E-state index contributed by atoms with van der Waals surface area (Å²) in [6, 6.07) is 5.53. The molecular formula is C15H20BN3O4. The Kier molecular flexibility index (Phi) is 6.18. The minimum Gasteiger partial charge on any atom is -0.444 e. The molecule has 122 valence electrons. The highest BCUT2D eigenvalue weighted by molar-refractivity contribution is 6.20. The molecule has 0 aliphatic rings. The Hall–Kier alpha value is -2.51. The van der Waals surface area contributed by atoms with Crippen molar-refractivity contribution >= 4 is 31.6 Å². The van der Waals surface area contributed by atoms with Gasteiger partial charge in [-0.15, -0.1) is 0 Å². The molecule has 1 unspecified atom stereocenters. The molecule has 0 aromatic heterocycles. The third kappa shape index (κ3) is 6.02. The van der Waals surface area contributed by atoms with E-state index in [1.54, 1.807) is 39.0 Å². The van der Waals surface area contributed by atoms with E-state index < -0.39 is 29.6 Å². The average Bonchev–Trinajstić information content (AvgIpc) is 2.44. The maximum atomic E-state index is 12.1. The Labute approximate surface area is 136 Å². The first-order valence-corrected chi connectivity index (χ1v) is 7.04. The highest BCUT2D eigenvalue weighted by Crippen LogP contribution is 2.15. The van der Waals surface area contributed by atoms with Crippen LogP contribution in [0.4, 0.5) is 10.5 Å². The van der Waals surface area contributed by atoms with Gasteiger partial charge >= 0.3 is 6.09 Å². The number of para-hydroxylation sites is 1. The summed E-state index contributed by atoms with van der Waals surface area (Å²) in [6.45, 7) is 6.67. The number of hydrogen-bond donors (Lipinski definition) is 3. The molecule has 0 fully saturated rings. The van der Waals surface area contributed by atoms with Crippen LogP contribution in [0.2, 0.25) is 0 Å². The van der Waals surface area contributed by atoms with Crippen molar-refractivity contribution < 1.29 is 19.1 Å². The fraction of sp³-hybridized carbons (Fsp3) is 0.400. The van der Waals surface area contributed by atoms with Crippen LogP contribution in [0, 0.1) is 0 Å². The number of benzene rings is 1. The molecule has 3 N–H and O–H groups in total. The predicted octanol–water partition coefficient (Wildman–Crippen LogP) is 1.35. The zero-order chi connectivity index (χ0) is 17.6. The van der Waals surface area contributed by atoms with Gasteiger partial charge in [0.05, 0.1) is 11.3 Å². The van der Waals surface area contributed by atoms with Crippen molar-refractivity contribution in [2.24, 2.45) is 0 Å². The molecule has 8 heteroatoms. The third-order valence-corrected chi connectivity index (χ3v) is 2.69. The monoisotopic (exact) mass is 317 g/mol. The van der Waals surface area contributed by atoms with Crippen molar-refractivity contribution in [3.05, 3.63) is 29.8 Å². The number of alkyl carbamates (subject to hydrolysis) is 1. The Morgan fingerprint density at radius 1 is 1.17 bits per heavy atom. The fourth-order valence-corrected chi connectivity index (χ4v) is 1.66. The van der Waals surface area contributed by atoms with Crippen molar-refractivity contribution in [3.63, 3.8) is 0 Å². The highest BCUT2D eigenvalue weighted by atomic mass is 16.6. The summed E-state index contributed by atoms with van der Waals surface area (Å²) < 4.78 is 5.08. The molecule has 2 radical (unpaired) electrons. The van der Waals surface area contributed by atoms with Crippen LogP contribution >= 0.6 is 0 Å². The number of rotatable bonds is 4. The maximum Gasteiger partial charge on any atom is 0.408 e. The first kappa shape index (κ1) is 18.5. The summed E-state index contributed by atoms with van der Waals surface area (Å²) in [6.07, 6.45) is -0.701. The van der Waals surface area contributed by atoms with Gasteiger partial charge in [0.25, 0.3) is 0 Å². The predicted molar refractivity (Wildman–Crippen MR) is 87.1 cm³/mol. The molecule has 1 atom stereocenters. The van der Waals surface area contributed by atoms with E-state index in [-0.39, 0.29) is 5.56 Å². The van der Waals surface area contributed by atoms with Crippen LogP contribution < -0.4 is 15.9 Å². The van der Waals surface area contributed by atoms with E-state index >= 15 is 0 Å². The molecule has 0 saturated heterocycles. The van der Waals surface area contributed by atoms with Gasteiger partial charge in [-0.05, 0) is 39.8 Å². The van der Waals surface area contributed by atoms with E-state index in [9.17, 15) is 14.4 Å². The number of amides is 3. The molecule has 1 aromatic rings. The van der Waals surface area contributed by atoms with Gasteiger partial charge < -0.3 is 20.6 Å². The summed E-state index contributed by atoms with van der Waals surface area (Å²) >= 11 is 0. The average molecular weight is 317 g/mol. The molecule has 3 amide bonds. The number of hydrogen-bond acceptors (Lipinski definition) is 4. The molecule has 0 bridgehead atoms. The van der Waals surface area contributed by atoms with Crippen LogP contribution in [-0.4, -0.2) is 37.5 Å². The van der Waals surface area contributed by atoms with Crippen LogP contribution in [0.1, 0.15) is 38.1 Å². The maximum absolute atomic E-state index is 12.1. The molecule has 0 spiro atoms. The van der Waals surface area contributed by atoms with E-state index in [0.29, 0.717) is 5.69 Å².